The third-order valence-electron chi connectivity index (χ3n) is 6.98. The highest BCUT2D eigenvalue weighted by Gasteiger charge is 2.28. The molecular formula is C27H31N5O4. The fourth-order valence-corrected chi connectivity index (χ4v) is 4.72. The molecule has 5 rings (SSSR count). The van der Waals surface area contributed by atoms with Crippen LogP contribution in [0.25, 0.3) is 11.4 Å². The lowest BCUT2D eigenvalue weighted by Gasteiger charge is -2.22. The van der Waals surface area contributed by atoms with Crippen LogP contribution < -0.4 is 10.7 Å². The van der Waals surface area contributed by atoms with Gasteiger partial charge in [-0.05, 0) is 31.6 Å². The summed E-state index contributed by atoms with van der Waals surface area (Å²) in [4.78, 5) is 45.3. The molecule has 2 heterocycles. The van der Waals surface area contributed by atoms with Crippen molar-refractivity contribution in [3.05, 3.63) is 70.0 Å². The van der Waals surface area contributed by atoms with E-state index in [4.69, 9.17) is 4.52 Å². The number of carbonyl (C=O) groups is 2. The van der Waals surface area contributed by atoms with Crippen LogP contribution in [0.1, 0.15) is 77.6 Å². The predicted octanol–water partition coefficient (Wildman–Crippen LogP) is 3.82. The molecular weight excluding hydrogens is 458 g/mol. The average molecular weight is 490 g/mol. The Hall–Kier alpha value is -3.75. The van der Waals surface area contributed by atoms with Crippen LogP contribution in [0.15, 0.2) is 52.0 Å². The van der Waals surface area contributed by atoms with Gasteiger partial charge >= 0.3 is 0 Å². The highest BCUT2D eigenvalue weighted by Crippen LogP contribution is 2.34. The highest BCUT2D eigenvalue weighted by atomic mass is 16.5. The van der Waals surface area contributed by atoms with E-state index in [9.17, 15) is 14.4 Å². The Labute approximate surface area is 209 Å². The summed E-state index contributed by atoms with van der Waals surface area (Å²) in [5.74, 6) is 0.227. The van der Waals surface area contributed by atoms with Gasteiger partial charge in [0.25, 0.3) is 11.8 Å². The molecule has 0 atom stereocenters. The molecule has 36 heavy (non-hydrogen) atoms. The fraction of sp³-hybridized carbons (Fsp3) is 0.444. The number of rotatable bonds is 8. The van der Waals surface area contributed by atoms with E-state index in [1.807, 2.05) is 34.9 Å². The Kier molecular flexibility index (Phi) is 6.97. The summed E-state index contributed by atoms with van der Waals surface area (Å²) in [6, 6.07) is 9.60. The van der Waals surface area contributed by atoms with Gasteiger partial charge in [0.05, 0.1) is 0 Å². The monoisotopic (exact) mass is 489 g/mol. The molecule has 0 spiro atoms. The zero-order valence-electron chi connectivity index (χ0n) is 20.5. The summed E-state index contributed by atoms with van der Waals surface area (Å²) in [6.07, 6.45) is 10.9. The summed E-state index contributed by atoms with van der Waals surface area (Å²) in [6.45, 7) is 0.598. The molecule has 9 nitrogen and oxygen atoms in total. The van der Waals surface area contributed by atoms with Crippen LogP contribution in [0.4, 0.5) is 0 Å². The molecule has 0 radical (unpaired) electrons. The molecule has 2 amide bonds. The molecule has 2 aliphatic carbocycles. The Balaban J connectivity index is 1.33. The minimum Gasteiger partial charge on any atom is -0.352 e. The van der Waals surface area contributed by atoms with Gasteiger partial charge in [0.1, 0.15) is 17.7 Å². The molecule has 0 unspecified atom stereocenters. The number of hydrogen-bond donors (Lipinski definition) is 1. The summed E-state index contributed by atoms with van der Waals surface area (Å²) < 4.78 is 7.16. The Morgan fingerprint density at radius 1 is 1.06 bits per heavy atom. The third-order valence-corrected chi connectivity index (χ3v) is 6.98. The zero-order valence-corrected chi connectivity index (χ0v) is 20.5. The first kappa shape index (κ1) is 24.0. The van der Waals surface area contributed by atoms with Crippen molar-refractivity contribution in [2.45, 2.75) is 57.5 Å². The smallest absolute Gasteiger partial charge is 0.259 e. The number of carbonyl (C=O) groups excluding carboxylic acids is 2. The first-order valence-corrected chi connectivity index (χ1v) is 12.7. The number of nitrogens with zero attached hydrogens (tertiary/aromatic N) is 4. The second-order valence-electron chi connectivity index (χ2n) is 9.85. The predicted molar refractivity (Wildman–Crippen MR) is 133 cm³/mol. The number of amides is 2. The van der Waals surface area contributed by atoms with E-state index in [1.54, 1.807) is 19.4 Å². The lowest BCUT2D eigenvalue weighted by atomic mass is 9.89. The molecule has 2 saturated carbocycles. The number of nitrogens with one attached hydrogen (secondary N) is 1. The van der Waals surface area contributed by atoms with Crippen LogP contribution in [0.3, 0.4) is 0 Å². The number of benzene rings is 1. The van der Waals surface area contributed by atoms with Crippen molar-refractivity contribution in [1.29, 1.82) is 0 Å². The van der Waals surface area contributed by atoms with Crippen LogP contribution in [-0.2, 0) is 6.54 Å². The molecule has 2 aromatic heterocycles. The minimum atomic E-state index is -0.555. The maximum Gasteiger partial charge on any atom is 0.259 e. The van der Waals surface area contributed by atoms with E-state index >= 15 is 0 Å². The topological polar surface area (TPSA) is 110 Å². The first-order chi connectivity index (χ1) is 17.5. The van der Waals surface area contributed by atoms with Gasteiger partial charge in [0, 0.05) is 37.6 Å². The molecule has 1 N–H and O–H groups in total. The summed E-state index contributed by atoms with van der Waals surface area (Å²) in [5.41, 5.74) is 0.236. The van der Waals surface area contributed by atoms with E-state index in [1.165, 1.54) is 24.2 Å². The average Bonchev–Trinajstić information content (AvgIpc) is 3.66. The Morgan fingerprint density at radius 3 is 2.50 bits per heavy atom. The first-order valence-electron chi connectivity index (χ1n) is 12.7. The van der Waals surface area contributed by atoms with E-state index in [-0.39, 0.29) is 29.6 Å². The van der Waals surface area contributed by atoms with Gasteiger partial charge in [-0.3, -0.25) is 14.4 Å². The fourth-order valence-electron chi connectivity index (χ4n) is 4.72. The van der Waals surface area contributed by atoms with Crippen LogP contribution >= 0.6 is 0 Å². The van der Waals surface area contributed by atoms with Gasteiger partial charge in [-0.2, -0.15) is 4.98 Å². The van der Waals surface area contributed by atoms with E-state index in [0.29, 0.717) is 18.3 Å². The van der Waals surface area contributed by atoms with E-state index < -0.39 is 17.2 Å². The van der Waals surface area contributed by atoms with Crippen molar-refractivity contribution >= 4 is 11.8 Å². The van der Waals surface area contributed by atoms with Gasteiger partial charge in [-0.25, -0.2) is 0 Å². The number of aromatic nitrogens is 3. The molecule has 9 heteroatoms. The van der Waals surface area contributed by atoms with E-state index in [2.05, 4.69) is 15.5 Å². The van der Waals surface area contributed by atoms with Crippen molar-refractivity contribution in [2.24, 2.45) is 5.92 Å². The van der Waals surface area contributed by atoms with Gasteiger partial charge in [-0.1, -0.05) is 54.8 Å². The summed E-state index contributed by atoms with van der Waals surface area (Å²) >= 11 is 0. The molecule has 0 saturated heterocycles. The normalized spacial score (nSPS) is 16.0. The molecule has 3 aromatic rings. The maximum atomic E-state index is 13.3. The van der Waals surface area contributed by atoms with Crippen molar-refractivity contribution in [3.8, 4) is 11.4 Å². The number of hydrogen-bond acceptors (Lipinski definition) is 6. The van der Waals surface area contributed by atoms with Crippen molar-refractivity contribution in [2.75, 3.05) is 13.6 Å². The lowest BCUT2D eigenvalue weighted by molar-refractivity contribution is 0.0767. The zero-order chi connectivity index (χ0) is 25.1. The molecule has 0 aliphatic heterocycles. The van der Waals surface area contributed by atoms with Gasteiger partial charge in [0.2, 0.25) is 17.1 Å². The van der Waals surface area contributed by atoms with Crippen molar-refractivity contribution < 1.29 is 14.1 Å². The number of pyridine rings is 1. The van der Waals surface area contributed by atoms with Crippen molar-refractivity contribution in [3.63, 3.8) is 0 Å². The van der Waals surface area contributed by atoms with Gasteiger partial charge in [0.15, 0.2) is 0 Å². The summed E-state index contributed by atoms with van der Waals surface area (Å²) in [5, 5.41) is 6.93. The van der Waals surface area contributed by atoms with E-state index in [0.717, 1.165) is 31.2 Å². The molecule has 0 bridgehead atoms. The maximum absolute atomic E-state index is 13.3. The molecule has 2 aliphatic rings. The van der Waals surface area contributed by atoms with Crippen LogP contribution in [0, 0.1) is 5.92 Å². The molecule has 1 aromatic carbocycles. The van der Waals surface area contributed by atoms with Gasteiger partial charge < -0.3 is 19.3 Å². The van der Waals surface area contributed by atoms with Crippen LogP contribution in [-0.4, -0.2) is 45.0 Å². The highest BCUT2D eigenvalue weighted by molar-refractivity contribution is 5.99. The third kappa shape index (κ3) is 5.40. The second-order valence-corrected chi connectivity index (χ2v) is 9.85. The summed E-state index contributed by atoms with van der Waals surface area (Å²) in [7, 11) is 1.57. The Morgan fingerprint density at radius 2 is 1.78 bits per heavy atom. The van der Waals surface area contributed by atoms with Crippen LogP contribution in [0.2, 0.25) is 0 Å². The minimum absolute atomic E-state index is 0.0149. The lowest BCUT2D eigenvalue weighted by Crippen LogP contribution is -2.37. The van der Waals surface area contributed by atoms with Gasteiger partial charge in [-0.15, -0.1) is 0 Å². The quantitative estimate of drug-likeness (QED) is 0.515. The van der Waals surface area contributed by atoms with Crippen molar-refractivity contribution in [1.82, 2.24) is 24.9 Å². The standard InChI is InChI=1S/C27H31N5O4/c1-31(17-23-29-25(30-36-23)19-10-6-3-7-11-19)27(35)22-16-32(20-12-13-20)15-21(24(22)33)26(34)28-14-18-8-4-2-5-9-18/h3,6-7,10-11,15-16,18,20H,2,4-5,8-9,12-14,17H2,1H3,(H,28,34). The second kappa shape index (κ2) is 10.5. The largest absolute Gasteiger partial charge is 0.352 e. The Bertz CT molecular complexity index is 1290. The SMILES string of the molecule is CN(Cc1nc(-c2ccccc2)no1)C(=O)c1cn(C2CC2)cc(C(=O)NCC2CCCCC2)c1=O. The molecule has 2 fully saturated rings. The molecule has 188 valence electrons. The van der Waals surface area contributed by atoms with Crippen LogP contribution in [0.5, 0.6) is 0 Å².